The number of amides is 3. The standard InChI is InChI=1S/C24H24N6O5S/c1-34-11-9-28-23(32)20(15-6-7-17-14(12-15)4-2-8-27-17)30(13-16-5-3-10-35-16)24(33)21-18(25)19(22(26)31)29-36-21/h2-8,10,12,20H,9,11,13,25H2,1H3,(H2,26,31)(H,28,32). The number of carbonyl (C=O) groups is 3. The fourth-order valence-corrected chi connectivity index (χ4v) is 4.48. The molecule has 5 N–H and O–H groups in total. The minimum atomic E-state index is -1.08. The zero-order valence-electron chi connectivity index (χ0n) is 19.3. The number of anilines is 1. The van der Waals surface area contributed by atoms with Gasteiger partial charge in [-0.2, -0.15) is 4.37 Å². The highest BCUT2D eigenvalue weighted by Gasteiger charge is 2.35. The number of carbonyl (C=O) groups excluding carboxylic acids is 3. The first kappa shape index (κ1) is 24.8. The maximum Gasteiger partial charge on any atom is 0.270 e. The summed E-state index contributed by atoms with van der Waals surface area (Å²) in [5.41, 5.74) is 12.3. The quantitative estimate of drug-likeness (QED) is 0.274. The third-order valence-corrected chi connectivity index (χ3v) is 6.28. The second-order valence-corrected chi connectivity index (χ2v) is 8.57. The van der Waals surface area contributed by atoms with E-state index in [1.807, 2.05) is 6.07 Å². The van der Waals surface area contributed by atoms with Crippen LogP contribution < -0.4 is 16.8 Å². The molecule has 3 aromatic heterocycles. The summed E-state index contributed by atoms with van der Waals surface area (Å²) in [5.74, 6) is -1.45. The number of methoxy groups -OCH3 is 1. The summed E-state index contributed by atoms with van der Waals surface area (Å²) in [7, 11) is 1.52. The van der Waals surface area contributed by atoms with Crippen molar-refractivity contribution in [3.05, 3.63) is 76.8 Å². The average Bonchev–Trinajstić information content (AvgIpc) is 3.53. The fraction of sp³-hybridized carbons (Fsp3) is 0.208. The van der Waals surface area contributed by atoms with Gasteiger partial charge in [0.25, 0.3) is 11.8 Å². The maximum atomic E-state index is 13.8. The fourth-order valence-electron chi connectivity index (χ4n) is 3.72. The van der Waals surface area contributed by atoms with Crippen LogP contribution in [0.15, 0.2) is 59.3 Å². The Balaban J connectivity index is 1.82. The number of fused-ring (bicyclic) bond motifs is 1. The van der Waals surface area contributed by atoms with E-state index in [4.69, 9.17) is 20.6 Å². The van der Waals surface area contributed by atoms with Crippen LogP contribution in [0.3, 0.4) is 0 Å². The van der Waals surface area contributed by atoms with Crippen molar-refractivity contribution < 1.29 is 23.5 Å². The number of nitrogens with one attached hydrogen (secondary N) is 1. The molecule has 3 heterocycles. The monoisotopic (exact) mass is 508 g/mol. The van der Waals surface area contributed by atoms with Crippen LogP contribution in [-0.2, 0) is 16.1 Å². The maximum absolute atomic E-state index is 13.8. The van der Waals surface area contributed by atoms with Crippen LogP contribution in [0.1, 0.15) is 37.5 Å². The number of ether oxygens (including phenoxy) is 1. The molecule has 0 bridgehead atoms. The third kappa shape index (κ3) is 5.19. The zero-order chi connectivity index (χ0) is 25.7. The summed E-state index contributed by atoms with van der Waals surface area (Å²) in [5, 5.41) is 3.61. The number of nitrogens with two attached hydrogens (primary N) is 2. The molecule has 0 aliphatic heterocycles. The molecule has 0 saturated heterocycles. The molecular formula is C24H24N6O5S. The van der Waals surface area contributed by atoms with Crippen LogP contribution in [0, 0.1) is 0 Å². The van der Waals surface area contributed by atoms with E-state index in [0.29, 0.717) is 11.3 Å². The molecule has 1 unspecified atom stereocenters. The molecule has 3 amide bonds. The van der Waals surface area contributed by atoms with Gasteiger partial charge in [0.2, 0.25) is 5.91 Å². The van der Waals surface area contributed by atoms with E-state index < -0.39 is 23.8 Å². The molecule has 0 radical (unpaired) electrons. The summed E-state index contributed by atoms with van der Waals surface area (Å²) in [6.07, 6.45) is 3.15. The van der Waals surface area contributed by atoms with Crippen LogP contribution in [0.25, 0.3) is 10.9 Å². The lowest BCUT2D eigenvalue weighted by Crippen LogP contribution is -2.44. The number of primary amides is 1. The lowest BCUT2D eigenvalue weighted by atomic mass is 10.0. The van der Waals surface area contributed by atoms with Gasteiger partial charge in [-0.1, -0.05) is 12.1 Å². The summed E-state index contributed by atoms with van der Waals surface area (Å²) < 4.78 is 14.5. The van der Waals surface area contributed by atoms with E-state index in [1.165, 1.54) is 18.3 Å². The van der Waals surface area contributed by atoms with Crippen LogP contribution in [0.5, 0.6) is 0 Å². The van der Waals surface area contributed by atoms with E-state index >= 15 is 0 Å². The Kier molecular flexibility index (Phi) is 7.56. The number of furan rings is 1. The summed E-state index contributed by atoms with van der Waals surface area (Å²) >= 11 is 0.743. The smallest absolute Gasteiger partial charge is 0.270 e. The summed E-state index contributed by atoms with van der Waals surface area (Å²) in [6.45, 7) is 0.469. The number of hydrogen-bond acceptors (Lipinski definition) is 9. The predicted octanol–water partition coefficient (Wildman–Crippen LogP) is 2.11. The Morgan fingerprint density at radius 2 is 2.06 bits per heavy atom. The van der Waals surface area contributed by atoms with Gasteiger partial charge in [0.15, 0.2) is 5.69 Å². The SMILES string of the molecule is COCCNC(=O)C(c1ccc2ncccc2c1)N(Cc1ccco1)C(=O)c1snc(C(N)=O)c1N. The van der Waals surface area contributed by atoms with Gasteiger partial charge in [-0.3, -0.25) is 19.4 Å². The molecule has 4 aromatic rings. The lowest BCUT2D eigenvalue weighted by molar-refractivity contribution is -0.126. The van der Waals surface area contributed by atoms with Crippen molar-refractivity contribution in [2.24, 2.45) is 5.73 Å². The summed E-state index contributed by atoms with van der Waals surface area (Å²) in [6, 6.07) is 11.3. The summed E-state index contributed by atoms with van der Waals surface area (Å²) in [4.78, 5) is 44.7. The molecule has 11 nitrogen and oxygen atoms in total. The number of rotatable bonds is 10. The number of pyridine rings is 1. The van der Waals surface area contributed by atoms with Crippen molar-refractivity contribution in [3.8, 4) is 0 Å². The molecule has 1 aromatic carbocycles. The van der Waals surface area contributed by atoms with E-state index in [1.54, 1.807) is 42.6 Å². The normalized spacial score (nSPS) is 11.8. The van der Waals surface area contributed by atoms with Crippen molar-refractivity contribution in [1.82, 2.24) is 19.6 Å². The number of nitrogens with zero attached hydrogens (tertiary/aromatic N) is 3. The van der Waals surface area contributed by atoms with Gasteiger partial charge in [-0.05, 0) is 47.4 Å². The largest absolute Gasteiger partial charge is 0.467 e. The number of benzene rings is 1. The van der Waals surface area contributed by atoms with Crippen molar-refractivity contribution in [2.75, 3.05) is 26.0 Å². The Labute approximate surface area is 210 Å². The minimum Gasteiger partial charge on any atom is -0.467 e. The first-order chi connectivity index (χ1) is 17.4. The van der Waals surface area contributed by atoms with Gasteiger partial charge >= 0.3 is 0 Å². The Morgan fingerprint density at radius 1 is 1.22 bits per heavy atom. The van der Waals surface area contributed by atoms with Gasteiger partial charge in [-0.25, -0.2) is 0 Å². The van der Waals surface area contributed by atoms with E-state index in [-0.39, 0.29) is 36.0 Å². The van der Waals surface area contributed by atoms with Gasteiger partial charge in [0.05, 0.1) is 30.6 Å². The van der Waals surface area contributed by atoms with Crippen LogP contribution >= 0.6 is 11.5 Å². The molecule has 186 valence electrons. The van der Waals surface area contributed by atoms with Crippen LogP contribution in [-0.4, -0.2) is 52.2 Å². The van der Waals surface area contributed by atoms with Gasteiger partial charge < -0.3 is 30.8 Å². The number of aromatic nitrogens is 2. The lowest BCUT2D eigenvalue weighted by Gasteiger charge is -2.30. The highest BCUT2D eigenvalue weighted by atomic mass is 32.1. The number of nitrogen functional groups attached to an aromatic ring is 1. The van der Waals surface area contributed by atoms with Crippen molar-refractivity contribution >= 4 is 45.8 Å². The molecule has 0 aliphatic carbocycles. The highest BCUT2D eigenvalue weighted by molar-refractivity contribution is 7.09. The Bertz CT molecular complexity index is 1390. The van der Waals surface area contributed by atoms with Gasteiger partial charge in [0, 0.05) is 25.2 Å². The molecule has 12 heteroatoms. The van der Waals surface area contributed by atoms with Crippen LogP contribution in [0.2, 0.25) is 0 Å². The molecular weight excluding hydrogens is 484 g/mol. The molecule has 36 heavy (non-hydrogen) atoms. The molecule has 0 spiro atoms. The Hall–Kier alpha value is -4.29. The molecule has 0 aliphatic rings. The topological polar surface area (TPSA) is 167 Å². The van der Waals surface area contributed by atoms with Gasteiger partial charge in [0.1, 0.15) is 16.7 Å². The predicted molar refractivity (Wildman–Crippen MR) is 133 cm³/mol. The molecule has 0 saturated carbocycles. The second-order valence-electron chi connectivity index (χ2n) is 7.79. The number of hydrogen-bond donors (Lipinski definition) is 3. The Morgan fingerprint density at radius 3 is 2.75 bits per heavy atom. The van der Waals surface area contributed by atoms with Crippen molar-refractivity contribution in [2.45, 2.75) is 12.6 Å². The molecule has 4 rings (SSSR count). The second kappa shape index (κ2) is 11.0. The van der Waals surface area contributed by atoms with E-state index in [0.717, 1.165) is 22.4 Å². The van der Waals surface area contributed by atoms with E-state index in [2.05, 4.69) is 14.7 Å². The van der Waals surface area contributed by atoms with Crippen LogP contribution in [0.4, 0.5) is 5.69 Å². The van der Waals surface area contributed by atoms with Crippen molar-refractivity contribution in [3.63, 3.8) is 0 Å². The molecule has 1 atom stereocenters. The van der Waals surface area contributed by atoms with E-state index in [9.17, 15) is 14.4 Å². The highest BCUT2D eigenvalue weighted by Crippen LogP contribution is 2.31. The first-order valence-electron chi connectivity index (χ1n) is 10.9. The zero-order valence-corrected chi connectivity index (χ0v) is 20.2. The van der Waals surface area contributed by atoms with Gasteiger partial charge in [-0.15, -0.1) is 0 Å². The molecule has 0 fully saturated rings. The first-order valence-corrected chi connectivity index (χ1v) is 11.7. The minimum absolute atomic E-state index is 0.00694. The third-order valence-electron chi connectivity index (χ3n) is 5.43. The average molecular weight is 509 g/mol. The van der Waals surface area contributed by atoms with Crippen molar-refractivity contribution in [1.29, 1.82) is 0 Å².